The van der Waals surface area contributed by atoms with Gasteiger partial charge in [-0.15, -0.1) is 0 Å². The van der Waals surface area contributed by atoms with E-state index >= 15 is 0 Å². The largest absolute Gasteiger partial charge is 0.493 e. The second-order valence-corrected chi connectivity index (χ2v) is 7.61. The van der Waals surface area contributed by atoms with E-state index in [-0.39, 0.29) is 18.4 Å². The van der Waals surface area contributed by atoms with Gasteiger partial charge in [0.05, 0.1) is 47.5 Å². The molecule has 31 heavy (non-hydrogen) atoms. The molecule has 0 aliphatic rings. The number of carbonyl (C=O) groups is 1. The van der Waals surface area contributed by atoms with E-state index in [1.165, 1.54) is 0 Å². The lowest BCUT2D eigenvalue weighted by Gasteiger charge is -2.18. The third kappa shape index (κ3) is 6.44. The van der Waals surface area contributed by atoms with Crippen molar-refractivity contribution >= 4 is 5.91 Å². The van der Waals surface area contributed by atoms with Crippen LogP contribution in [0, 0.1) is 5.92 Å². The minimum Gasteiger partial charge on any atom is -0.493 e. The second kappa shape index (κ2) is 11.3. The molecule has 0 aromatic heterocycles. The Morgan fingerprint density at radius 3 is 1.97 bits per heavy atom. The SMILES string of the molecule is COc1cc(C(C)NC(=O)Cc2cc(OC)c(OC)c(OC)c2)ccc1OCC(C)C. The van der Waals surface area contributed by atoms with Crippen LogP contribution in [0.1, 0.15) is 37.9 Å². The molecule has 1 atom stereocenters. The lowest BCUT2D eigenvalue weighted by molar-refractivity contribution is -0.121. The number of nitrogens with one attached hydrogen (secondary N) is 1. The summed E-state index contributed by atoms with van der Waals surface area (Å²) in [5.41, 5.74) is 1.68. The van der Waals surface area contributed by atoms with Crippen LogP contribution in [-0.4, -0.2) is 41.0 Å². The van der Waals surface area contributed by atoms with E-state index in [4.69, 9.17) is 23.7 Å². The van der Waals surface area contributed by atoms with Gasteiger partial charge in [0, 0.05) is 0 Å². The van der Waals surface area contributed by atoms with Gasteiger partial charge in [0.25, 0.3) is 0 Å². The maximum Gasteiger partial charge on any atom is 0.224 e. The number of hydrogen-bond acceptors (Lipinski definition) is 6. The maximum absolute atomic E-state index is 12.7. The van der Waals surface area contributed by atoms with E-state index in [0.717, 1.165) is 11.1 Å². The number of benzene rings is 2. The zero-order valence-corrected chi connectivity index (χ0v) is 19.4. The van der Waals surface area contributed by atoms with Gasteiger partial charge in [-0.05, 0) is 48.2 Å². The first kappa shape index (κ1) is 24.2. The Hall–Kier alpha value is -3.09. The molecule has 1 N–H and O–H groups in total. The van der Waals surface area contributed by atoms with Crippen LogP contribution in [0.5, 0.6) is 28.7 Å². The fourth-order valence-corrected chi connectivity index (χ4v) is 3.13. The Balaban J connectivity index is 2.10. The summed E-state index contributed by atoms with van der Waals surface area (Å²) in [6.45, 7) is 6.71. The summed E-state index contributed by atoms with van der Waals surface area (Å²) in [4.78, 5) is 12.7. The molecule has 0 aliphatic heterocycles. The summed E-state index contributed by atoms with van der Waals surface area (Å²) in [5.74, 6) is 3.15. The van der Waals surface area contributed by atoms with Crippen LogP contribution in [0.15, 0.2) is 30.3 Å². The molecule has 0 saturated carbocycles. The van der Waals surface area contributed by atoms with Crippen LogP contribution in [0.4, 0.5) is 0 Å². The summed E-state index contributed by atoms with van der Waals surface area (Å²) < 4.78 is 27.3. The van der Waals surface area contributed by atoms with E-state index in [1.807, 2.05) is 25.1 Å². The Bertz CT molecular complexity index is 855. The molecule has 1 unspecified atom stereocenters. The van der Waals surface area contributed by atoms with Gasteiger partial charge < -0.3 is 29.0 Å². The Morgan fingerprint density at radius 2 is 1.45 bits per heavy atom. The van der Waals surface area contributed by atoms with Crippen molar-refractivity contribution in [3.8, 4) is 28.7 Å². The van der Waals surface area contributed by atoms with Crippen molar-refractivity contribution in [1.29, 1.82) is 0 Å². The predicted molar refractivity (Wildman–Crippen MR) is 120 cm³/mol. The molecule has 0 aliphatic carbocycles. The Kier molecular flexibility index (Phi) is 8.85. The average molecular weight is 432 g/mol. The quantitative estimate of drug-likeness (QED) is 0.575. The molecule has 2 aromatic rings. The molecule has 0 saturated heterocycles. The number of amides is 1. The van der Waals surface area contributed by atoms with Crippen LogP contribution in [0.25, 0.3) is 0 Å². The standard InChI is InChI=1S/C24H33NO6/c1-15(2)14-31-19-9-8-18(13-20(19)27-4)16(3)25-23(26)12-17-10-21(28-5)24(30-7)22(11-17)29-6/h8-11,13,15-16H,12,14H2,1-7H3,(H,25,26). The van der Waals surface area contributed by atoms with Crippen LogP contribution in [0.3, 0.4) is 0 Å². The third-order valence-electron chi connectivity index (χ3n) is 4.73. The molecule has 1 amide bonds. The number of rotatable bonds is 11. The summed E-state index contributed by atoms with van der Waals surface area (Å²) in [6.07, 6.45) is 0.174. The fourth-order valence-electron chi connectivity index (χ4n) is 3.13. The molecule has 2 aromatic carbocycles. The zero-order chi connectivity index (χ0) is 23.0. The molecule has 0 spiro atoms. The molecule has 7 nitrogen and oxygen atoms in total. The molecular formula is C24H33NO6. The summed E-state index contributed by atoms with van der Waals surface area (Å²) in [6, 6.07) is 9.04. The van der Waals surface area contributed by atoms with Crippen LogP contribution < -0.4 is 29.0 Å². The number of carbonyl (C=O) groups excluding carboxylic acids is 1. The van der Waals surface area contributed by atoms with Crippen molar-refractivity contribution in [3.05, 3.63) is 41.5 Å². The summed E-state index contributed by atoms with van der Waals surface area (Å²) >= 11 is 0. The Labute approximate surface area is 184 Å². The van der Waals surface area contributed by atoms with Crippen LogP contribution in [-0.2, 0) is 11.2 Å². The molecule has 0 radical (unpaired) electrons. The van der Waals surface area contributed by atoms with E-state index in [9.17, 15) is 4.79 Å². The highest BCUT2D eigenvalue weighted by Crippen LogP contribution is 2.38. The molecule has 2 rings (SSSR count). The van der Waals surface area contributed by atoms with Crippen molar-refractivity contribution in [1.82, 2.24) is 5.32 Å². The third-order valence-corrected chi connectivity index (χ3v) is 4.73. The van der Waals surface area contributed by atoms with Gasteiger partial charge in [0.2, 0.25) is 11.7 Å². The highest BCUT2D eigenvalue weighted by atomic mass is 16.5. The number of ether oxygens (including phenoxy) is 5. The van der Waals surface area contributed by atoms with Gasteiger partial charge >= 0.3 is 0 Å². The van der Waals surface area contributed by atoms with Crippen molar-refractivity contribution in [2.75, 3.05) is 35.0 Å². The molecule has 0 fully saturated rings. The van der Waals surface area contributed by atoms with Crippen molar-refractivity contribution in [2.45, 2.75) is 33.2 Å². The minimum absolute atomic E-state index is 0.124. The van der Waals surface area contributed by atoms with E-state index < -0.39 is 0 Å². The predicted octanol–water partition coefficient (Wildman–Crippen LogP) is 4.18. The zero-order valence-electron chi connectivity index (χ0n) is 19.4. The number of methoxy groups -OCH3 is 4. The fraction of sp³-hybridized carbons (Fsp3) is 0.458. The Morgan fingerprint density at radius 1 is 0.839 bits per heavy atom. The first-order valence-corrected chi connectivity index (χ1v) is 10.2. The van der Waals surface area contributed by atoms with Crippen molar-refractivity contribution in [3.63, 3.8) is 0 Å². The van der Waals surface area contributed by atoms with Gasteiger partial charge in [0.15, 0.2) is 23.0 Å². The van der Waals surface area contributed by atoms with E-state index in [1.54, 1.807) is 40.6 Å². The monoisotopic (exact) mass is 431 g/mol. The van der Waals surface area contributed by atoms with Crippen molar-refractivity contribution < 1.29 is 28.5 Å². The number of hydrogen-bond donors (Lipinski definition) is 1. The molecule has 0 bridgehead atoms. The van der Waals surface area contributed by atoms with Crippen LogP contribution >= 0.6 is 0 Å². The maximum atomic E-state index is 12.7. The first-order valence-electron chi connectivity index (χ1n) is 10.2. The van der Waals surface area contributed by atoms with Crippen LogP contribution in [0.2, 0.25) is 0 Å². The van der Waals surface area contributed by atoms with E-state index in [2.05, 4.69) is 19.2 Å². The highest BCUT2D eigenvalue weighted by molar-refractivity contribution is 5.79. The topological polar surface area (TPSA) is 75.3 Å². The summed E-state index contributed by atoms with van der Waals surface area (Å²) in [5, 5.41) is 3.02. The van der Waals surface area contributed by atoms with E-state index in [0.29, 0.717) is 41.3 Å². The van der Waals surface area contributed by atoms with Gasteiger partial charge in [-0.25, -0.2) is 0 Å². The molecule has 7 heteroatoms. The minimum atomic E-state index is -0.206. The normalized spacial score (nSPS) is 11.6. The lowest BCUT2D eigenvalue weighted by Crippen LogP contribution is -2.28. The average Bonchev–Trinajstić information content (AvgIpc) is 2.76. The second-order valence-electron chi connectivity index (χ2n) is 7.61. The van der Waals surface area contributed by atoms with Gasteiger partial charge in [-0.3, -0.25) is 4.79 Å². The van der Waals surface area contributed by atoms with Crippen molar-refractivity contribution in [2.24, 2.45) is 5.92 Å². The lowest BCUT2D eigenvalue weighted by atomic mass is 10.1. The van der Waals surface area contributed by atoms with Gasteiger partial charge in [-0.2, -0.15) is 0 Å². The van der Waals surface area contributed by atoms with Gasteiger partial charge in [-0.1, -0.05) is 19.9 Å². The summed E-state index contributed by atoms with van der Waals surface area (Å²) in [7, 11) is 6.24. The molecule has 170 valence electrons. The van der Waals surface area contributed by atoms with Gasteiger partial charge in [0.1, 0.15) is 0 Å². The smallest absolute Gasteiger partial charge is 0.224 e. The highest BCUT2D eigenvalue weighted by Gasteiger charge is 2.17. The molecular weight excluding hydrogens is 398 g/mol. The molecule has 0 heterocycles. The first-order chi connectivity index (χ1) is 14.8.